The maximum Gasteiger partial charge on any atom is 0.234 e. The fourth-order valence-electron chi connectivity index (χ4n) is 4.26. The van der Waals surface area contributed by atoms with Crippen LogP contribution >= 0.6 is 0 Å². The number of para-hydroxylation sites is 2. The SMILES string of the molecule is Cc1nc2ccccc2n1CC1CCN(CC(=O)NCCc2ccccc2)CC1. The summed E-state index contributed by atoms with van der Waals surface area (Å²) in [6.45, 7) is 6.30. The zero-order valence-electron chi connectivity index (χ0n) is 17.2. The first-order valence-electron chi connectivity index (χ1n) is 10.6. The molecule has 0 bridgehead atoms. The third-order valence-corrected chi connectivity index (χ3v) is 5.94. The molecular weight excluding hydrogens is 360 g/mol. The number of rotatable bonds is 7. The highest BCUT2D eigenvalue weighted by atomic mass is 16.2. The van der Waals surface area contributed by atoms with Crippen molar-refractivity contribution in [2.45, 2.75) is 32.7 Å². The Balaban J connectivity index is 1.21. The molecule has 5 nitrogen and oxygen atoms in total. The minimum Gasteiger partial charge on any atom is -0.355 e. The first kappa shape index (κ1) is 19.6. The number of aromatic nitrogens is 2. The predicted octanol–water partition coefficient (Wildman–Crippen LogP) is 3.42. The number of fused-ring (bicyclic) bond motifs is 1. The van der Waals surface area contributed by atoms with Crippen molar-refractivity contribution in [3.8, 4) is 0 Å². The van der Waals surface area contributed by atoms with Gasteiger partial charge in [0.15, 0.2) is 0 Å². The highest BCUT2D eigenvalue weighted by Crippen LogP contribution is 2.23. The number of carbonyl (C=O) groups excluding carboxylic acids is 1. The molecule has 0 radical (unpaired) electrons. The third-order valence-electron chi connectivity index (χ3n) is 5.94. The van der Waals surface area contributed by atoms with E-state index in [0.717, 1.165) is 50.2 Å². The molecule has 1 amide bonds. The number of nitrogens with one attached hydrogen (secondary N) is 1. The van der Waals surface area contributed by atoms with E-state index >= 15 is 0 Å². The quantitative estimate of drug-likeness (QED) is 0.673. The molecule has 1 saturated heterocycles. The molecular formula is C24H30N4O. The van der Waals surface area contributed by atoms with E-state index in [0.29, 0.717) is 19.0 Å². The lowest BCUT2D eigenvalue weighted by Gasteiger charge is -2.31. The monoisotopic (exact) mass is 390 g/mol. The second-order valence-corrected chi connectivity index (χ2v) is 8.06. The van der Waals surface area contributed by atoms with Crippen molar-refractivity contribution in [2.75, 3.05) is 26.2 Å². The standard InChI is InChI=1S/C24H30N4O/c1-19-26-22-9-5-6-10-23(22)28(19)17-21-12-15-27(16-13-21)18-24(29)25-14-11-20-7-3-2-4-8-20/h2-10,21H,11-18H2,1H3,(H,25,29). The fourth-order valence-corrected chi connectivity index (χ4v) is 4.26. The van der Waals surface area contributed by atoms with Crippen LogP contribution in [0.1, 0.15) is 24.2 Å². The minimum atomic E-state index is 0.135. The molecule has 0 saturated carbocycles. The van der Waals surface area contributed by atoms with Gasteiger partial charge in [-0.2, -0.15) is 0 Å². The Hall–Kier alpha value is -2.66. The summed E-state index contributed by atoms with van der Waals surface area (Å²) in [6, 6.07) is 18.7. The van der Waals surface area contributed by atoms with E-state index in [9.17, 15) is 4.79 Å². The molecule has 4 rings (SSSR count). The largest absolute Gasteiger partial charge is 0.355 e. The first-order valence-corrected chi connectivity index (χ1v) is 10.6. The fraction of sp³-hybridized carbons (Fsp3) is 0.417. The van der Waals surface area contributed by atoms with Crippen LogP contribution in [0.25, 0.3) is 11.0 Å². The van der Waals surface area contributed by atoms with Crippen molar-refractivity contribution in [3.05, 3.63) is 66.0 Å². The number of nitrogens with zero attached hydrogens (tertiary/aromatic N) is 3. The summed E-state index contributed by atoms with van der Waals surface area (Å²) in [5, 5.41) is 3.06. The van der Waals surface area contributed by atoms with Crippen molar-refractivity contribution < 1.29 is 4.79 Å². The molecule has 1 N–H and O–H groups in total. The van der Waals surface area contributed by atoms with Crippen molar-refractivity contribution in [2.24, 2.45) is 5.92 Å². The highest BCUT2D eigenvalue weighted by molar-refractivity contribution is 5.78. The maximum atomic E-state index is 12.3. The number of benzene rings is 2. The molecule has 0 atom stereocenters. The van der Waals surface area contributed by atoms with Crippen molar-refractivity contribution in [1.82, 2.24) is 19.8 Å². The number of imidazole rings is 1. The van der Waals surface area contributed by atoms with Gasteiger partial charge in [-0.05, 0) is 62.9 Å². The molecule has 1 aliphatic rings. The smallest absolute Gasteiger partial charge is 0.234 e. The molecule has 152 valence electrons. The lowest BCUT2D eigenvalue weighted by Crippen LogP contribution is -2.42. The van der Waals surface area contributed by atoms with E-state index in [2.05, 4.69) is 57.0 Å². The molecule has 29 heavy (non-hydrogen) atoms. The van der Waals surface area contributed by atoms with Crippen LogP contribution < -0.4 is 5.32 Å². The molecule has 0 unspecified atom stereocenters. The van der Waals surface area contributed by atoms with Gasteiger partial charge in [0.2, 0.25) is 5.91 Å². The number of hydrogen-bond acceptors (Lipinski definition) is 3. The first-order chi connectivity index (χ1) is 14.2. The van der Waals surface area contributed by atoms with Gasteiger partial charge in [-0.1, -0.05) is 42.5 Å². The van der Waals surface area contributed by atoms with Crippen LogP contribution in [0, 0.1) is 12.8 Å². The van der Waals surface area contributed by atoms with Gasteiger partial charge < -0.3 is 9.88 Å². The number of carbonyl (C=O) groups is 1. The molecule has 1 aromatic heterocycles. The van der Waals surface area contributed by atoms with Crippen LogP contribution in [0.15, 0.2) is 54.6 Å². The number of piperidine rings is 1. The second-order valence-electron chi connectivity index (χ2n) is 8.06. The summed E-state index contributed by atoms with van der Waals surface area (Å²) in [5.41, 5.74) is 3.57. The number of hydrogen-bond donors (Lipinski definition) is 1. The average Bonchev–Trinajstić information content (AvgIpc) is 3.05. The Labute approximate surface area is 172 Å². The van der Waals surface area contributed by atoms with E-state index in [1.807, 2.05) is 24.3 Å². The van der Waals surface area contributed by atoms with Crippen LogP contribution in [-0.2, 0) is 17.8 Å². The van der Waals surface area contributed by atoms with E-state index in [1.165, 1.54) is 11.1 Å². The van der Waals surface area contributed by atoms with E-state index in [1.54, 1.807) is 0 Å². The Morgan fingerprint density at radius 2 is 1.79 bits per heavy atom. The topological polar surface area (TPSA) is 50.2 Å². The zero-order chi connectivity index (χ0) is 20.1. The average molecular weight is 391 g/mol. The van der Waals surface area contributed by atoms with Gasteiger partial charge in [0, 0.05) is 13.1 Å². The van der Waals surface area contributed by atoms with E-state index in [4.69, 9.17) is 0 Å². The highest BCUT2D eigenvalue weighted by Gasteiger charge is 2.22. The minimum absolute atomic E-state index is 0.135. The van der Waals surface area contributed by atoms with Crippen molar-refractivity contribution in [1.29, 1.82) is 0 Å². The lowest BCUT2D eigenvalue weighted by atomic mass is 9.96. The molecule has 3 aromatic rings. The molecule has 1 fully saturated rings. The number of amides is 1. The summed E-state index contributed by atoms with van der Waals surface area (Å²) < 4.78 is 2.35. The summed E-state index contributed by atoms with van der Waals surface area (Å²) in [5.74, 6) is 1.87. The van der Waals surface area contributed by atoms with Crippen LogP contribution in [0.3, 0.4) is 0 Å². The van der Waals surface area contributed by atoms with Crippen molar-refractivity contribution >= 4 is 16.9 Å². The van der Waals surface area contributed by atoms with Crippen LogP contribution in [0.5, 0.6) is 0 Å². The van der Waals surface area contributed by atoms with Gasteiger partial charge in [0.05, 0.1) is 17.6 Å². The Kier molecular flexibility index (Phi) is 6.25. The second kappa shape index (κ2) is 9.23. The maximum absolute atomic E-state index is 12.3. The molecule has 5 heteroatoms. The molecule has 2 heterocycles. The molecule has 0 spiro atoms. The summed E-state index contributed by atoms with van der Waals surface area (Å²) in [4.78, 5) is 19.2. The Bertz CT molecular complexity index is 942. The van der Waals surface area contributed by atoms with Crippen molar-refractivity contribution in [3.63, 3.8) is 0 Å². The molecule has 2 aromatic carbocycles. The normalized spacial score (nSPS) is 15.6. The van der Waals surface area contributed by atoms with Crippen LogP contribution in [-0.4, -0.2) is 46.5 Å². The Morgan fingerprint density at radius 1 is 1.07 bits per heavy atom. The van der Waals surface area contributed by atoms with Gasteiger partial charge in [0.1, 0.15) is 5.82 Å². The summed E-state index contributed by atoms with van der Waals surface area (Å²) in [7, 11) is 0. The number of aryl methyl sites for hydroxylation is 1. The number of likely N-dealkylation sites (tertiary alicyclic amines) is 1. The third kappa shape index (κ3) is 5.04. The predicted molar refractivity (Wildman–Crippen MR) is 117 cm³/mol. The van der Waals surface area contributed by atoms with Crippen LogP contribution in [0.2, 0.25) is 0 Å². The van der Waals surface area contributed by atoms with Gasteiger partial charge in [-0.25, -0.2) is 4.98 Å². The lowest BCUT2D eigenvalue weighted by molar-refractivity contribution is -0.122. The van der Waals surface area contributed by atoms with E-state index < -0.39 is 0 Å². The summed E-state index contributed by atoms with van der Waals surface area (Å²) >= 11 is 0. The van der Waals surface area contributed by atoms with Gasteiger partial charge in [-0.15, -0.1) is 0 Å². The summed E-state index contributed by atoms with van der Waals surface area (Å²) in [6.07, 6.45) is 3.14. The van der Waals surface area contributed by atoms with Crippen LogP contribution in [0.4, 0.5) is 0 Å². The molecule has 0 aliphatic carbocycles. The Morgan fingerprint density at radius 3 is 2.59 bits per heavy atom. The van der Waals surface area contributed by atoms with Gasteiger partial charge >= 0.3 is 0 Å². The molecule has 1 aliphatic heterocycles. The van der Waals surface area contributed by atoms with E-state index in [-0.39, 0.29) is 5.91 Å². The zero-order valence-corrected chi connectivity index (χ0v) is 17.2. The van der Waals surface area contributed by atoms with Gasteiger partial charge in [-0.3, -0.25) is 9.69 Å². The van der Waals surface area contributed by atoms with Gasteiger partial charge in [0.25, 0.3) is 0 Å².